The van der Waals surface area contributed by atoms with Gasteiger partial charge in [-0.3, -0.25) is 5.32 Å². The predicted molar refractivity (Wildman–Crippen MR) is 110 cm³/mol. The lowest BCUT2D eigenvalue weighted by Crippen LogP contribution is -2.12. The second-order valence-corrected chi connectivity index (χ2v) is 6.51. The molecule has 0 spiro atoms. The summed E-state index contributed by atoms with van der Waals surface area (Å²) in [5, 5.41) is 14.5. The summed E-state index contributed by atoms with van der Waals surface area (Å²) in [6, 6.07) is 24.7. The van der Waals surface area contributed by atoms with Crippen molar-refractivity contribution in [3.8, 4) is 11.9 Å². The maximum atomic E-state index is 8.92. The van der Waals surface area contributed by atoms with E-state index in [4.69, 9.17) is 5.26 Å². The highest BCUT2D eigenvalue weighted by Gasteiger charge is 2.13. The van der Waals surface area contributed by atoms with Crippen molar-refractivity contribution in [1.82, 2.24) is 9.88 Å². The van der Waals surface area contributed by atoms with Gasteiger partial charge in [0.25, 0.3) is 0 Å². The maximum absolute atomic E-state index is 8.92. The molecule has 0 saturated heterocycles. The number of fused-ring (bicyclic) bond motifs is 3. The van der Waals surface area contributed by atoms with Crippen LogP contribution in [0.25, 0.3) is 27.5 Å². The fourth-order valence-corrected chi connectivity index (χ4v) is 3.55. The molecule has 126 valence electrons. The largest absolute Gasteiger partial charge is 0.307 e. The first-order valence-electron chi connectivity index (χ1n) is 8.19. The molecule has 1 N–H and O–H groups in total. The molecule has 4 rings (SSSR count). The lowest BCUT2D eigenvalue weighted by atomic mass is 10.2. The second-order valence-electron chi connectivity index (χ2n) is 5.72. The summed E-state index contributed by atoms with van der Waals surface area (Å²) in [7, 11) is 0. The van der Waals surface area contributed by atoms with E-state index in [-0.39, 0.29) is 0 Å². The van der Waals surface area contributed by atoms with Crippen molar-refractivity contribution >= 4 is 44.4 Å². The Morgan fingerprint density at radius 2 is 1.50 bits per heavy atom. The molecule has 0 saturated carbocycles. The Morgan fingerprint density at radius 1 is 0.923 bits per heavy atom. The SMILES string of the molecule is CSC(=Nc1ccccc1-n1c2ccccc2c2ccccc21)NC#N. The fourth-order valence-electron chi connectivity index (χ4n) is 3.21. The van der Waals surface area contributed by atoms with Gasteiger partial charge >= 0.3 is 0 Å². The molecule has 0 aliphatic rings. The number of nitrogens with one attached hydrogen (secondary N) is 1. The number of nitriles is 1. The first kappa shape index (κ1) is 16.2. The van der Waals surface area contributed by atoms with E-state index >= 15 is 0 Å². The van der Waals surface area contributed by atoms with E-state index in [1.165, 1.54) is 22.5 Å². The van der Waals surface area contributed by atoms with Crippen molar-refractivity contribution in [1.29, 1.82) is 5.26 Å². The van der Waals surface area contributed by atoms with Crippen molar-refractivity contribution in [3.63, 3.8) is 0 Å². The molecule has 0 unspecified atom stereocenters. The zero-order chi connectivity index (χ0) is 17.9. The summed E-state index contributed by atoms with van der Waals surface area (Å²) < 4.78 is 2.23. The molecule has 4 nitrogen and oxygen atoms in total. The molecular weight excluding hydrogens is 340 g/mol. The Kier molecular flexibility index (Phi) is 4.34. The Balaban J connectivity index is 2.04. The Labute approximate surface area is 155 Å². The lowest BCUT2D eigenvalue weighted by molar-refractivity contribution is 1.17. The Bertz CT molecular complexity index is 1110. The lowest BCUT2D eigenvalue weighted by Gasteiger charge is -2.11. The zero-order valence-electron chi connectivity index (χ0n) is 14.2. The van der Waals surface area contributed by atoms with E-state index < -0.39 is 0 Å². The summed E-state index contributed by atoms with van der Waals surface area (Å²) in [6.45, 7) is 0. The fraction of sp³-hybridized carbons (Fsp3) is 0.0476. The number of thioether (sulfide) groups is 1. The smallest absolute Gasteiger partial charge is 0.183 e. The van der Waals surface area contributed by atoms with E-state index in [0.717, 1.165) is 22.4 Å². The second kappa shape index (κ2) is 6.95. The average molecular weight is 356 g/mol. The molecule has 26 heavy (non-hydrogen) atoms. The molecule has 1 aromatic heterocycles. The molecule has 5 heteroatoms. The number of aliphatic imine (C=N–C) groups is 1. The number of benzene rings is 3. The van der Waals surface area contributed by atoms with Crippen molar-refractivity contribution < 1.29 is 0 Å². The topological polar surface area (TPSA) is 53.1 Å². The first-order chi connectivity index (χ1) is 12.8. The first-order valence-corrected chi connectivity index (χ1v) is 9.41. The van der Waals surface area contributed by atoms with Crippen LogP contribution in [0.1, 0.15) is 0 Å². The Hall–Kier alpha value is -3.23. The summed E-state index contributed by atoms with van der Waals surface area (Å²) in [4.78, 5) is 4.66. The van der Waals surface area contributed by atoms with Crippen LogP contribution >= 0.6 is 11.8 Å². The van der Waals surface area contributed by atoms with Gasteiger partial charge in [0.05, 0.1) is 22.4 Å². The van der Waals surface area contributed by atoms with E-state index in [1.807, 2.05) is 42.8 Å². The number of nitrogens with zero attached hydrogens (tertiary/aromatic N) is 3. The van der Waals surface area contributed by atoms with Crippen molar-refractivity contribution in [2.45, 2.75) is 0 Å². The third-order valence-corrected chi connectivity index (χ3v) is 4.86. The molecule has 0 radical (unpaired) electrons. The molecule has 4 aromatic rings. The molecule has 0 aliphatic carbocycles. The molecular formula is C21H16N4S. The third-order valence-electron chi connectivity index (χ3n) is 4.28. The van der Waals surface area contributed by atoms with Crippen molar-refractivity contribution in [2.75, 3.05) is 6.26 Å². The van der Waals surface area contributed by atoms with Gasteiger partial charge in [-0.15, -0.1) is 0 Å². The van der Waals surface area contributed by atoms with E-state index in [2.05, 4.69) is 57.3 Å². The molecule has 0 amide bonds. The minimum atomic E-state index is 0.570. The van der Waals surface area contributed by atoms with Crippen LogP contribution in [-0.2, 0) is 0 Å². The zero-order valence-corrected chi connectivity index (χ0v) is 15.0. The van der Waals surface area contributed by atoms with Crippen LogP contribution in [0.3, 0.4) is 0 Å². The summed E-state index contributed by atoms with van der Waals surface area (Å²) in [5.74, 6) is 0. The summed E-state index contributed by atoms with van der Waals surface area (Å²) in [5.41, 5.74) is 4.06. The standard InChI is InChI=1S/C21H16N4S/c1-26-21(23-14-22)24-17-10-4-7-13-20(17)25-18-11-5-2-8-15(18)16-9-3-6-12-19(16)25/h2-13H,1H3,(H,23,24). The number of hydrogen-bond acceptors (Lipinski definition) is 3. The van der Waals surface area contributed by atoms with Crippen LogP contribution in [0, 0.1) is 11.5 Å². The van der Waals surface area contributed by atoms with Gasteiger partial charge in [0.2, 0.25) is 0 Å². The number of para-hydroxylation sites is 4. The third kappa shape index (κ3) is 2.71. The van der Waals surface area contributed by atoms with Gasteiger partial charge in [0, 0.05) is 10.8 Å². The van der Waals surface area contributed by atoms with Crippen LogP contribution in [-0.4, -0.2) is 16.0 Å². The average Bonchev–Trinajstić information content (AvgIpc) is 3.02. The quantitative estimate of drug-likeness (QED) is 0.232. The molecule has 0 atom stereocenters. The molecule has 1 heterocycles. The van der Waals surface area contributed by atoms with Crippen molar-refractivity contribution in [2.24, 2.45) is 4.99 Å². The number of amidine groups is 1. The molecule has 3 aromatic carbocycles. The van der Waals surface area contributed by atoms with Crippen LogP contribution in [0.15, 0.2) is 77.8 Å². The molecule has 0 fully saturated rings. The number of hydrogen-bond donors (Lipinski definition) is 1. The molecule has 0 bridgehead atoms. The highest BCUT2D eigenvalue weighted by molar-refractivity contribution is 8.13. The van der Waals surface area contributed by atoms with E-state index in [0.29, 0.717) is 5.17 Å². The van der Waals surface area contributed by atoms with Gasteiger partial charge in [0.15, 0.2) is 11.4 Å². The van der Waals surface area contributed by atoms with Gasteiger partial charge in [-0.25, -0.2) is 4.99 Å². The van der Waals surface area contributed by atoms with Gasteiger partial charge < -0.3 is 4.57 Å². The summed E-state index contributed by atoms with van der Waals surface area (Å²) >= 11 is 1.41. The van der Waals surface area contributed by atoms with Crippen LogP contribution < -0.4 is 5.32 Å². The number of aromatic nitrogens is 1. The van der Waals surface area contributed by atoms with Crippen LogP contribution in [0.5, 0.6) is 0 Å². The van der Waals surface area contributed by atoms with Crippen LogP contribution in [0.2, 0.25) is 0 Å². The van der Waals surface area contributed by atoms with Gasteiger partial charge in [-0.2, -0.15) is 5.26 Å². The van der Waals surface area contributed by atoms with Gasteiger partial charge in [-0.1, -0.05) is 60.3 Å². The normalized spacial score (nSPS) is 11.6. The molecule has 0 aliphatic heterocycles. The Morgan fingerprint density at radius 3 is 2.12 bits per heavy atom. The highest BCUT2D eigenvalue weighted by atomic mass is 32.2. The van der Waals surface area contributed by atoms with Gasteiger partial charge in [0.1, 0.15) is 0 Å². The minimum absolute atomic E-state index is 0.570. The monoisotopic (exact) mass is 356 g/mol. The summed E-state index contributed by atoms with van der Waals surface area (Å²) in [6.07, 6.45) is 3.84. The highest BCUT2D eigenvalue weighted by Crippen LogP contribution is 2.35. The van der Waals surface area contributed by atoms with E-state index in [9.17, 15) is 0 Å². The number of rotatable bonds is 2. The minimum Gasteiger partial charge on any atom is -0.307 e. The maximum Gasteiger partial charge on any atom is 0.183 e. The van der Waals surface area contributed by atoms with E-state index in [1.54, 1.807) is 0 Å². The van der Waals surface area contributed by atoms with Crippen LogP contribution in [0.4, 0.5) is 5.69 Å². The van der Waals surface area contributed by atoms with Gasteiger partial charge in [-0.05, 0) is 30.5 Å². The van der Waals surface area contributed by atoms with Crippen molar-refractivity contribution in [3.05, 3.63) is 72.8 Å². The predicted octanol–water partition coefficient (Wildman–Crippen LogP) is 5.20.